The van der Waals surface area contributed by atoms with E-state index < -0.39 is 51.9 Å². The van der Waals surface area contributed by atoms with Crippen molar-refractivity contribution in [1.29, 1.82) is 0 Å². The average molecular weight is 619 g/mol. The van der Waals surface area contributed by atoms with Crippen LogP contribution in [-0.4, -0.2) is 43.9 Å². The topological polar surface area (TPSA) is 203 Å². The Kier molecular flexibility index (Phi) is 7.14. The largest absolute Gasteiger partial charge is 0.493 e. The highest BCUT2D eigenvalue weighted by atomic mass is 19.4. The fourth-order valence-corrected chi connectivity index (χ4v) is 5.12. The van der Waals surface area contributed by atoms with Crippen LogP contribution in [0, 0.1) is 10.1 Å². The number of fused-ring (bicyclic) bond motifs is 1. The summed E-state index contributed by atoms with van der Waals surface area (Å²) in [6.45, 7) is -0.223. The second kappa shape index (κ2) is 11.1. The molecule has 45 heavy (non-hydrogen) atoms. The van der Waals surface area contributed by atoms with Crippen LogP contribution < -0.4 is 4.74 Å². The molecule has 0 spiro atoms. The first kappa shape index (κ1) is 28.9. The lowest BCUT2D eigenvalue weighted by atomic mass is 9.80. The van der Waals surface area contributed by atoms with E-state index in [1.807, 2.05) is 0 Å². The summed E-state index contributed by atoms with van der Waals surface area (Å²) >= 11 is 0. The lowest BCUT2D eigenvalue weighted by Crippen LogP contribution is -2.31. The number of azide groups is 1. The number of carboxylic acids is 1. The maximum absolute atomic E-state index is 14.1. The summed E-state index contributed by atoms with van der Waals surface area (Å²) in [5, 5.41) is 32.4. The Morgan fingerprint density at radius 2 is 1.82 bits per heavy atom. The zero-order chi connectivity index (χ0) is 31.9. The third-order valence-electron chi connectivity index (χ3n) is 7.06. The number of carboxylic acid groups (broad SMARTS) is 1. The van der Waals surface area contributed by atoms with Gasteiger partial charge in [-0.15, -0.1) is 0 Å². The number of rotatable bonds is 7. The number of nitrogens with zero attached hydrogens (tertiary/aromatic N) is 7. The fourth-order valence-electron chi connectivity index (χ4n) is 5.12. The van der Waals surface area contributed by atoms with E-state index >= 15 is 0 Å². The molecule has 0 bridgehead atoms. The highest BCUT2D eigenvalue weighted by Crippen LogP contribution is 2.45. The van der Waals surface area contributed by atoms with Crippen molar-refractivity contribution in [2.24, 2.45) is 5.11 Å². The van der Waals surface area contributed by atoms with Gasteiger partial charge in [-0.25, -0.2) is 4.79 Å². The standard InChI is InChI=1S/C28H16F3N7O7/c29-28(30,31)22-23(13-4-2-1-3-5-13)35-44-24(22)26-33-25(36-45-26)14-6-8-17-20(10-14)43-12-19(34-37-32)21(17)18-11-15(38(41)42)7-9-16(18)27(39)40/h1-11,19,21H,12H2,(H,39,40)/t19-,21-/m0/s1. The van der Waals surface area contributed by atoms with Gasteiger partial charge in [0.05, 0.1) is 23.1 Å². The zero-order valence-electron chi connectivity index (χ0n) is 22.4. The predicted molar refractivity (Wildman–Crippen MR) is 146 cm³/mol. The molecule has 2 aromatic heterocycles. The number of non-ortho nitro benzene ring substituents is 1. The molecule has 0 fully saturated rings. The minimum atomic E-state index is -4.88. The summed E-state index contributed by atoms with van der Waals surface area (Å²) in [6.07, 6.45) is -4.88. The molecular formula is C28H16F3N7O7. The monoisotopic (exact) mass is 619 g/mol. The van der Waals surface area contributed by atoms with E-state index in [0.29, 0.717) is 5.56 Å². The summed E-state index contributed by atoms with van der Waals surface area (Å²) in [7, 11) is 0. The number of nitro groups is 1. The molecule has 6 rings (SSSR count). The minimum Gasteiger partial charge on any atom is -0.493 e. The molecule has 226 valence electrons. The summed E-state index contributed by atoms with van der Waals surface area (Å²) in [4.78, 5) is 29.7. The number of carbonyl (C=O) groups is 1. The van der Waals surface area contributed by atoms with E-state index in [1.54, 1.807) is 18.2 Å². The number of aromatic carboxylic acids is 1. The van der Waals surface area contributed by atoms with E-state index in [9.17, 15) is 33.2 Å². The number of ether oxygens (including phenoxy) is 1. The highest BCUT2D eigenvalue weighted by Gasteiger charge is 2.43. The number of alkyl halides is 3. The van der Waals surface area contributed by atoms with Crippen molar-refractivity contribution in [2.75, 3.05) is 6.61 Å². The van der Waals surface area contributed by atoms with Gasteiger partial charge in [0.25, 0.3) is 11.6 Å². The first-order valence-corrected chi connectivity index (χ1v) is 12.9. The maximum Gasteiger partial charge on any atom is 0.422 e. The van der Waals surface area contributed by atoms with Crippen molar-refractivity contribution in [2.45, 2.75) is 18.1 Å². The van der Waals surface area contributed by atoms with Gasteiger partial charge in [-0.2, -0.15) is 18.2 Å². The lowest BCUT2D eigenvalue weighted by Gasteiger charge is -2.32. The molecule has 0 unspecified atom stereocenters. The molecule has 0 saturated heterocycles. The molecule has 1 aliphatic heterocycles. The van der Waals surface area contributed by atoms with Crippen LogP contribution in [0.25, 0.3) is 44.7 Å². The molecule has 0 saturated carbocycles. The summed E-state index contributed by atoms with van der Waals surface area (Å²) in [5.74, 6) is -3.67. The van der Waals surface area contributed by atoms with Gasteiger partial charge in [-0.05, 0) is 23.2 Å². The Morgan fingerprint density at radius 1 is 1.04 bits per heavy atom. The van der Waals surface area contributed by atoms with Crippen molar-refractivity contribution in [1.82, 2.24) is 15.3 Å². The van der Waals surface area contributed by atoms with Gasteiger partial charge in [0.15, 0.2) is 0 Å². The number of aromatic nitrogens is 3. The van der Waals surface area contributed by atoms with Crippen molar-refractivity contribution >= 4 is 11.7 Å². The van der Waals surface area contributed by atoms with Crippen LogP contribution in [0.15, 0.2) is 80.9 Å². The van der Waals surface area contributed by atoms with Crippen LogP contribution in [0.2, 0.25) is 0 Å². The predicted octanol–water partition coefficient (Wildman–Crippen LogP) is 6.89. The van der Waals surface area contributed by atoms with Crippen molar-refractivity contribution in [3.8, 4) is 40.0 Å². The van der Waals surface area contributed by atoms with Crippen molar-refractivity contribution in [3.05, 3.63) is 110 Å². The second-order valence-electron chi connectivity index (χ2n) is 9.67. The van der Waals surface area contributed by atoms with Gasteiger partial charge in [0.1, 0.15) is 17.0 Å². The van der Waals surface area contributed by atoms with Gasteiger partial charge in [0, 0.05) is 39.7 Å². The minimum absolute atomic E-state index is 0.0208. The van der Waals surface area contributed by atoms with Gasteiger partial charge in [0.2, 0.25) is 11.6 Å². The summed E-state index contributed by atoms with van der Waals surface area (Å²) in [6, 6.07) is 14.3. The first-order chi connectivity index (χ1) is 21.6. The average Bonchev–Trinajstić information content (AvgIpc) is 3.69. The van der Waals surface area contributed by atoms with Crippen LogP contribution in [0.4, 0.5) is 18.9 Å². The second-order valence-corrected chi connectivity index (χ2v) is 9.67. The first-order valence-electron chi connectivity index (χ1n) is 12.9. The van der Waals surface area contributed by atoms with E-state index in [2.05, 4.69) is 25.3 Å². The van der Waals surface area contributed by atoms with Crippen LogP contribution >= 0.6 is 0 Å². The Bertz CT molecular complexity index is 2000. The molecule has 17 heteroatoms. The molecule has 0 radical (unpaired) electrons. The maximum atomic E-state index is 14.1. The smallest absolute Gasteiger partial charge is 0.422 e. The molecule has 14 nitrogen and oxygen atoms in total. The van der Waals surface area contributed by atoms with E-state index in [4.69, 9.17) is 19.3 Å². The SMILES string of the molecule is [N-]=[N+]=N[C@H]1COc2cc(-c3noc(-c4onc(-c5ccccc5)c4C(F)(F)F)n3)ccc2[C@H]1c1cc([N+](=O)[O-])ccc1C(=O)O. The molecule has 3 aromatic carbocycles. The summed E-state index contributed by atoms with van der Waals surface area (Å²) < 4.78 is 58.3. The quantitative estimate of drug-likeness (QED) is 0.0657. The van der Waals surface area contributed by atoms with Crippen LogP contribution in [0.3, 0.4) is 0 Å². The number of halogens is 3. The molecule has 1 N–H and O–H groups in total. The molecule has 1 aliphatic rings. The highest BCUT2D eigenvalue weighted by molar-refractivity contribution is 5.90. The van der Waals surface area contributed by atoms with E-state index in [1.165, 1.54) is 30.3 Å². The van der Waals surface area contributed by atoms with E-state index in [-0.39, 0.29) is 46.1 Å². The Labute approximate surface area is 248 Å². The van der Waals surface area contributed by atoms with E-state index in [0.717, 1.165) is 18.2 Å². The zero-order valence-corrected chi connectivity index (χ0v) is 22.4. The molecular weight excluding hydrogens is 603 g/mol. The number of hydrogen-bond acceptors (Lipinski definition) is 10. The Balaban J connectivity index is 1.41. The number of benzene rings is 3. The number of hydrogen-bond donors (Lipinski definition) is 1. The summed E-state index contributed by atoms with van der Waals surface area (Å²) in [5.41, 5.74) is 7.62. The molecule has 0 amide bonds. The Hall–Kier alpha value is -6.22. The van der Waals surface area contributed by atoms with Gasteiger partial charge in [-0.1, -0.05) is 57.9 Å². The van der Waals surface area contributed by atoms with Crippen molar-refractivity contribution in [3.63, 3.8) is 0 Å². The number of nitro benzene ring substituents is 1. The third-order valence-corrected chi connectivity index (χ3v) is 7.06. The van der Waals surface area contributed by atoms with Gasteiger partial charge in [-0.3, -0.25) is 10.1 Å². The van der Waals surface area contributed by atoms with Crippen LogP contribution in [0.5, 0.6) is 5.75 Å². The molecule has 2 atom stereocenters. The lowest BCUT2D eigenvalue weighted by molar-refractivity contribution is -0.384. The fraction of sp³-hybridized carbons (Fsp3) is 0.143. The third kappa shape index (κ3) is 5.27. The van der Waals surface area contributed by atoms with Gasteiger partial charge >= 0.3 is 12.1 Å². The molecule has 5 aromatic rings. The van der Waals surface area contributed by atoms with Crippen molar-refractivity contribution < 1.29 is 41.8 Å². The van der Waals surface area contributed by atoms with Gasteiger partial charge < -0.3 is 18.9 Å². The molecule has 3 heterocycles. The normalized spacial score (nSPS) is 15.9. The Morgan fingerprint density at radius 3 is 2.51 bits per heavy atom. The molecule has 0 aliphatic carbocycles. The van der Waals surface area contributed by atoms with Crippen LogP contribution in [-0.2, 0) is 6.18 Å². The van der Waals surface area contributed by atoms with Crippen LogP contribution in [0.1, 0.15) is 33.0 Å².